The van der Waals surface area contributed by atoms with Crippen LogP contribution in [0.3, 0.4) is 0 Å². The van der Waals surface area contributed by atoms with Gasteiger partial charge >= 0.3 is 6.03 Å². The number of halogens is 1. The minimum atomic E-state index is -0.406. The Morgan fingerprint density at radius 1 is 1.40 bits per heavy atom. The Labute approximate surface area is 146 Å². The van der Waals surface area contributed by atoms with Crippen molar-refractivity contribution in [3.05, 3.63) is 46.8 Å². The Bertz CT molecular complexity index is 725. The normalized spacial score (nSPS) is 18.0. The molecule has 7 heteroatoms. The molecule has 1 atom stereocenters. The number of nitrogens with one attached hydrogen (secondary N) is 2. The van der Waals surface area contributed by atoms with Crippen LogP contribution in [0.2, 0.25) is 0 Å². The first-order valence-electron chi connectivity index (χ1n) is 8.73. The number of carbonyl (C=O) groups excluding carboxylic acids is 1. The molecule has 0 aliphatic carbocycles. The Balaban J connectivity index is 1.77. The highest BCUT2D eigenvalue weighted by atomic mass is 19.1. The number of carbonyl (C=O) groups is 1. The predicted molar refractivity (Wildman–Crippen MR) is 92.4 cm³/mol. The molecule has 3 heterocycles. The summed E-state index contributed by atoms with van der Waals surface area (Å²) in [7, 11) is 0. The molecule has 1 aliphatic rings. The Morgan fingerprint density at radius 2 is 2.24 bits per heavy atom. The van der Waals surface area contributed by atoms with Crippen LogP contribution in [0.15, 0.2) is 18.3 Å². The quantitative estimate of drug-likeness (QED) is 0.895. The summed E-state index contributed by atoms with van der Waals surface area (Å²) in [6.07, 6.45) is 5.58. The number of hydrogen-bond donors (Lipinski definition) is 2. The number of urea groups is 1. The number of amides is 2. The second-order valence-electron chi connectivity index (χ2n) is 6.50. The van der Waals surface area contributed by atoms with Crippen molar-refractivity contribution in [1.29, 1.82) is 0 Å². The average Bonchev–Trinajstić information content (AvgIpc) is 2.80. The van der Waals surface area contributed by atoms with Crippen molar-refractivity contribution in [2.75, 3.05) is 6.54 Å². The third-order valence-electron chi connectivity index (χ3n) is 4.77. The number of aromatic nitrogens is 3. The molecule has 1 fully saturated rings. The zero-order valence-electron chi connectivity index (χ0n) is 14.7. The molecule has 2 aromatic rings. The summed E-state index contributed by atoms with van der Waals surface area (Å²) >= 11 is 0. The summed E-state index contributed by atoms with van der Waals surface area (Å²) in [4.78, 5) is 18.6. The molecule has 0 bridgehead atoms. The van der Waals surface area contributed by atoms with Gasteiger partial charge in [-0.1, -0.05) is 12.8 Å². The zero-order valence-corrected chi connectivity index (χ0v) is 14.7. The molecule has 1 unspecified atom stereocenters. The summed E-state index contributed by atoms with van der Waals surface area (Å²) in [5.41, 5.74) is 3.27. The second-order valence-corrected chi connectivity index (χ2v) is 6.50. The molecule has 0 spiro atoms. The van der Waals surface area contributed by atoms with Crippen molar-refractivity contribution in [2.45, 2.75) is 52.1 Å². The van der Waals surface area contributed by atoms with Crippen LogP contribution in [0.5, 0.6) is 0 Å². The number of rotatable bonds is 3. The number of aryl methyl sites for hydroxylation is 2. The number of H-pyrrole nitrogens is 1. The molecule has 3 rings (SSSR count). The van der Waals surface area contributed by atoms with Gasteiger partial charge in [-0.15, -0.1) is 0 Å². The minimum Gasteiger partial charge on any atom is -0.332 e. The van der Waals surface area contributed by atoms with E-state index in [9.17, 15) is 9.18 Å². The van der Waals surface area contributed by atoms with Crippen molar-refractivity contribution in [3.63, 3.8) is 0 Å². The fourth-order valence-corrected chi connectivity index (χ4v) is 3.51. The van der Waals surface area contributed by atoms with Crippen LogP contribution in [0, 0.1) is 19.7 Å². The van der Waals surface area contributed by atoms with Crippen LogP contribution in [-0.4, -0.2) is 32.7 Å². The third-order valence-corrected chi connectivity index (χ3v) is 4.77. The lowest BCUT2D eigenvalue weighted by atomic mass is 9.99. The van der Waals surface area contributed by atoms with Crippen LogP contribution < -0.4 is 5.32 Å². The maximum Gasteiger partial charge on any atom is 0.318 e. The largest absolute Gasteiger partial charge is 0.332 e. The topological polar surface area (TPSA) is 73.9 Å². The lowest BCUT2D eigenvalue weighted by Gasteiger charge is -2.30. The van der Waals surface area contributed by atoms with Gasteiger partial charge in [0.25, 0.3) is 0 Å². The standard InChI is InChI=1S/C18H24FN5O/c1-12-17(13(2)23-22-12)16-8-4-3-5-10-24(16)18(25)21-11-15-14(19)7-6-9-20-15/h6-7,9,16H,3-5,8,10-11H2,1-2H3,(H,21,25)(H,22,23). The summed E-state index contributed by atoms with van der Waals surface area (Å²) in [5, 5.41) is 10.1. The van der Waals surface area contributed by atoms with E-state index in [1.807, 2.05) is 18.7 Å². The first-order valence-corrected chi connectivity index (χ1v) is 8.73. The highest BCUT2D eigenvalue weighted by Crippen LogP contribution is 2.33. The fourth-order valence-electron chi connectivity index (χ4n) is 3.51. The summed E-state index contributed by atoms with van der Waals surface area (Å²) in [5.74, 6) is -0.406. The van der Waals surface area contributed by atoms with Gasteiger partial charge in [-0.2, -0.15) is 5.10 Å². The van der Waals surface area contributed by atoms with Crippen LogP contribution in [0.4, 0.5) is 9.18 Å². The van der Waals surface area contributed by atoms with Gasteiger partial charge in [0, 0.05) is 24.0 Å². The SMILES string of the molecule is Cc1n[nH]c(C)c1C1CCCCCN1C(=O)NCc1ncccc1F. The van der Waals surface area contributed by atoms with Gasteiger partial charge in [-0.3, -0.25) is 10.1 Å². The first-order chi connectivity index (χ1) is 12.1. The van der Waals surface area contributed by atoms with Crippen LogP contribution in [-0.2, 0) is 6.54 Å². The minimum absolute atomic E-state index is 0.00479. The van der Waals surface area contributed by atoms with Gasteiger partial charge in [0.15, 0.2) is 0 Å². The van der Waals surface area contributed by atoms with E-state index in [-0.39, 0.29) is 24.3 Å². The lowest BCUT2D eigenvalue weighted by Crippen LogP contribution is -2.42. The molecular weight excluding hydrogens is 321 g/mol. The maximum atomic E-state index is 13.7. The van der Waals surface area contributed by atoms with Crippen molar-refractivity contribution in [3.8, 4) is 0 Å². The molecule has 134 valence electrons. The summed E-state index contributed by atoms with van der Waals surface area (Å²) in [6, 6.07) is 2.70. The monoisotopic (exact) mass is 345 g/mol. The number of pyridine rings is 1. The molecule has 1 saturated heterocycles. The van der Waals surface area contributed by atoms with E-state index in [1.54, 1.807) is 0 Å². The lowest BCUT2D eigenvalue weighted by molar-refractivity contribution is 0.174. The van der Waals surface area contributed by atoms with E-state index in [0.29, 0.717) is 6.54 Å². The van der Waals surface area contributed by atoms with E-state index in [1.165, 1.54) is 18.3 Å². The Kier molecular flexibility index (Phi) is 5.31. The molecule has 6 nitrogen and oxygen atoms in total. The molecule has 2 N–H and O–H groups in total. The molecule has 0 saturated carbocycles. The summed E-state index contributed by atoms with van der Waals surface area (Å²) < 4.78 is 13.7. The van der Waals surface area contributed by atoms with Crippen LogP contribution in [0.1, 0.15) is 54.4 Å². The zero-order chi connectivity index (χ0) is 17.8. The molecule has 25 heavy (non-hydrogen) atoms. The molecular formula is C18H24FN5O. The second kappa shape index (κ2) is 7.63. The number of likely N-dealkylation sites (tertiary alicyclic amines) is 1. The van der Waals surface area contributed by atoms with Crippen LogP contribution >= 0.6 is 0 Å². The molecule has 2 amide bonds. The van der Waals surface area contributed by atoms with E-state index in [0.717, 1.165) is 42.6 Å². The Hall–Kier alpha value is -2.44. The maximum absolute atomic E-state index is 13.7. The van der Waals surface area contributed by atoms with Crippen molar-refractivity contribution in [1.82, 2.24) is 25.4 Å². The molecule has 2 aromatic heterocycles. The van der Waals surface area contributed by atoms with Gasteiger partial charge in [0.05, 0.1) is 24.0 Å². The highest BCUT2D eigenvalue weighted by Gasteiger charge is 2.30. The van der Waals surface area contributed by atoms with E-state index >= 15 is 0 Å². The van der Waals surface area contributed by atoms with Crippen molar-refractivity contribution < 1.29 is 9.18 Å². The number of aromatic amines is 1. The van der Waals surface area contributed by atoms with Crippen molar-refractivity contribution >= 4 is 6.03 Å². The van der Waals surface area contributed by atoms with Gasteiger partial charge in [-0.05, 0) is 38.8 Å². The Morgan fingerprint density at radius 3 is 2.96 bits per heavy atom. The number of nitrogens with zero attached hydrogens (tertiary/aromatic N) is 3. The third kappa shape index (κ3) is 3.81. The average molecular weight is 345 g/mol. The van der Waals surface area contributed by atoms with E-state index in [4.69, 9.17) is 0 Å². The smallest absolute Gasteiger partial charge is 0.318 e. The summed E-state index contributed by atoms with van der Waals surface area (Å²) in [6.45, 7) is 4.71. The van der Waals surface area contributed by atoms with Gasteiger partial charge in [-0.25, -0.2) is 9.18 Å². The molecule has 0 radical (unpaired) electrons. The molecule has 0 aromatic carbocycles. The van der Waals surface area contributed by atoms with Gasteiger partial charge < -0.3 is 10.2 Å². The first kappa shape index (κ1) is 17.4. The van der Waals surface area contributed by atoms with Gasteiger partial charge in [0.2, 0.25) is 0 Å². The number of hydrogen-bond acceptors (Lipinski definition) is 3. The highest BCUT2D eigenvalue weighted by molar-refractivity contribution is 5.75. The van der Waals surface area contributed by atoms with Gasteiger partial charge in [0.1, 0.15) is 5.82 Å². The fraction of sp³-hybridized carbons (Fsp3) is 0.500. The van der Waals surface area contributed by atoms with Crippen LogP contribution in [0.25, 0.3) is 0 Å². The van der Waals surface area contributed by atoms with E-state index in [2.05, 4.69) is 20.5 Å². The predicted octanol–water partition coefficient (Wildman–Crippen LogP) is 3.39. The van der Waals surface area contributed by atoms with Crippen molar-refractivity contribution in [2.24, 2.45) is 0 Å². The molecule has 1 aliphatic heterocycles. The van der Waals surface area contributed by atoms with E-state index < -0.39 is 5.82 Å².